The van der Waals surface area contributed by atoms with Gasteiger partial charge >= 0.3 is 0 Å². The van der Waals surface area contributed by atoms with Gasteiger partial charge in [0.1, 0.15) is 11.6 Å². The number of thiophene rings is 1. The number of hydrogen-bond donors (Lipinski definition) is 1. The van der Waals surface area contributed by atoms with Crippen molar-refractivity contribution in [2.45, 2.75) is 12.5 Å². The third-order valence-electron chi connectivity index (χ3n) is 2.54. The van der Waals surface area contributed by atoms with Crippen LogP contribution in [-0.4, -0.2) is 0 Å². The first-order valence-corrected chi connectivity index (χ1v) is 7.16. The van der Waals surface area contributed by atoms with Crippen LogP contribution in [0.4, 0.5) is 8.78 Å². The fourth-order valence-electron chi connectivity index (χ4n) is 1.60. The van der Waals surface area contributed by atoms with Crippen LogP contribution in [0.1, 0.15) is 16.5 Å². The van der Waals surface area contributed by atoms with E-state index in [-0.39, 0.29) is 10.6 Å². The molecule has 1 atom stereocenters. The van der Waals surface area contributed by atoms with Gasteiger partial charge in [0.15, 0.2) is 0 Å². The minimum atomic E-state index is -0.659. The van der Waals surface area contributed by atoms with E-state index < -0.39 is 17.7 Å². The van der Waals surface area contributed by atoms with Crippen molar-refractivity contribution in [3.05, 3.63) is 55.1 Å². The van der Waals surface area contributed by atoms with Gasteiger partial charge in [-0.2, -0.15) is 0 Å². The number of benzene rings is 1. The Bertz CT molecular complexity index is 573. The predicted octanol–water partition coefficient (Wildman–Crippen LogP) is 4.68. The molecule has 0 aliphatic carbocycles. The van der Waals surface area contributed by atoms with E-state index >= 15 is 0 Å². The Morgan fingerprint density at radius 2 is 2.06 bits per heavy atom. The summed E-state index contributed by atoms with van der Waals surface area (Å²) in [6.07, 6.45) is 0.441. The standard InChI is InChI=1S/C12H9BrClF2NS/c13-7-1-2-18-12(7)5-11(17)6-3-10(16)8(14)4-9(6)15/h1-4,11H,5,17H2. The molecule has 0 aliphatic heterocycles. The third-order valence-corrected chi connectivity index (χ3v) is 4.77. The summed E-state index contributed by atoms with van der Waals surface area (Å²) in [6, 6.07) is 3.30. The lowest BCUT2D eigenvalue weighted by Crippen LogP contribution is -2.15. The lowest BCUT2D eigenvalue weighted by atomic mass is 10.0. The fourth-order valence-corrected chi connectivity index (χ4v) is 3.33. The minimum Gasteiger partial charge on any atom is -0.324 e. The van der Waals surface area contributed by atoms with E-state index in [0.29, 0.717) is 6.42 Å². The summed E-state index contributed by atoms with van der Waals surface area (Å²) in [5, 5.41) is 1.67. The smallest absolute Gasteiger partial charge is 0.142 e. The lowest BCUT2D eigenvalue weighted by molar-refractivity contribution is 0.562. The van der Waals surface area contributed by atoms with E-state index in [4.69, 9.17) is 17.3 Å². The number of rotatable bonds is 3. The van der Waals surface area contributed by atoms with Crippen molar-refractivity contribution in [1.82, 2.24) is 0 Å². The first-order chi connectivity index (χ1) is 8.49. The molecule has 1 aromatic heterocycles. The molecule has 0 spiro atoms. The van der Waals surface area contributed by atoms with Crippen LogP contribution in [0.5, 0.6) is 0 Å². The van der Waals surface area contributed by atoms with Crippen molar-refractivity contribution in [3.8, 4) is 0 Å². The summed E-state index contributed by atoms with van der Waals surface area (Å²) in [5.74, 6) is -1.24. The summed E-state index contributed by atoms with van der Waals surface area (Å²) >= 11 is 10.4. The molecular weight excluding hydrogens is 344 g/mol. The van der Waals surface area contributed by atoms with Crippen LogP contribution in [0.15, 0.2) is 28.1 Å². The van der Waals surface area contributed by atoms with E-state index in [0.717, 1.165) is 21.5 Å². The van der Waals surface area contributed by atoms with Crippen molar-refractivity contribution >= 4 is 38.9 Å². The summed E-state index contributed by atoms with van der Waals surface area (Å²) in [5.41, 5.74) is 6.05. The molecule has 0 aliphatic rings. The largest absolute Gasteiger partial charge is 0.324 e. The van der Waals surface area contributed by atoms with Gasteiger partial charge < -0.3 is 5.73 Å². The summed E-state index contributed by atoms with van der Waals surface area (Å²) in [7, 11) is 0. The second-order valence-corrected chi connectivity index (χ2v) is 6.05. The molecule has 0 saturated carbocycles. The topological polar surface area (TPSA) is 26.0 Å². The SMILES string of the molecule is NC(Cc1sccc1Br)c1cc(F)c(Cl)cc1F. The molecule has 18 heavy (non-hydrogen) atoms. The molecule has 2 aromatic rings. The highest BCUT2D eigenvalue weighted by molar-refractivity contribution is 9.10. The van der Waals surface area contributed by atoms with Crippen molar-refractivity contribution in [2.75, 3.05) is 0 Å². The van der Waals surface area contributed by atoms with Crippen molar-refractivity contribution < 1.29 is 8.78 Å². The quantitative estimate of drug-likeness (QED) is 0.797. The highest BCUT2D eigenvalue weighted by Crippen LogP contribution is 2.29. The molecule has 1 unspecified atom stereocenters. The molecule has 1 heterocycles. The van der Waals surface area contributed by atoms with Gasteiger partial charge in [0.2, 0.25) is 0 Å². The Kier molecular flexibility index (Phi) is 4.37. The van der Waals surface area contributed by atoms with Crippen LogP contribution in [0.3, 0.4) is 0 Å². The van der Waals surface area contributed by atoms with E-state index in [1.54, 1.807) is 0 Å². The zero-order valence-corrected chi connectivity index (χ0v) is 12.2. The van der Waals surface area contributed by atoms with Gasteiger partial charge in [-0.3, -0.25) is 0 Å². The molecule has 1 aromatic carbocycles. The average molecular weight is 353 g/mol. The maximum Gasteiger partial charge on any atom is 0.142 e. The summed E-state index contributed by atoms with van der Waals surface area (Å²) in [4.78, 5) is 0.997. The maximum atomic E-state index is 13.7. The Balaban J connectivity index is 2.26. The molecule has 2 rings (SSSR count). The zero-order chi connectivity index (χ0) is 13.3. The molecule has 0 radical (unpaired) electrons. The molecule has 0 amide bonds. The third kappa shape index (κ3) is 2.91. The first kappa shape index (κ1) is 13.9. The van der Waals surface area contributed by atoms with Gasteiger partial charge in [-0.15, -0.1) is 11.3 Å². The molecular formula is C12H9BrClF2NS. The molecule has 96 valence electrons. The highest BCUT2D eigenvalue weighted by atomic mass is 79.9. The minimum absolute atomic E-state index is 0.136. The van der Waals surface area contributed by atoms with Crippen molar-refractivity contribution in [3.63, 3.8) is 0 Å². The summed E-state index contributed by atoms with van der Waals surface area (Å²) < 4.78 is 27.9. The van der Waals surface area contributed by atoms with Gasteiger partial charge in [0.05, 0.1) is 5.02 Å². The maximum absolute atomic E-state index is 13.7. The molecule has 0 saturated heterocycles. The number of hydrogen-bond acceptors (Lipinski definition) is 2. The van der Waals surface area contributed by atoms with Crippen molar-refractivity contribution in [2.24, 2.45) is 5.73 Å². The van der Waals surface area contributed by atoms with Crippen LogP contribution in [0, 0.1) is 11.6 Å². The summed E-state index contributed by atoms with van der Waals surface area (Å²) in [6.45, 7) is 0. The number of nitrogens with two attached hydrogens (primary N) is 1. The first-order valence-electron chi connectivity index (χ1n) is 5.11. The lowest BCUT2D eigenvalue weighted by Gasteiger charge is -2.13. The Morgan fingerprint density at radius 1 is 1.33 bits per heavy atom. The fraction of sp³-hybridized carbons (Fsp3) is 0.167. The predicted molar refractivity (Wildman–Crippen MR) is 74.0 cm³/mol. The molecule has 0 bridgehead atoms. The second-order valence-electron chi connectivity index (χ2n) is 3.79. The Hall–Kier alpha value is -0.490. The molecule has 2 N–H and O–H groups in total. The van der Waals surface area contributed by atoms with Gasteiger partial charge in [-0.1, -0.05) is 11.6 Å². The van der Waals surface area contributed by atoms with Gasteiger partial charge in [-0.05, 0) is 39.5 Å². The van der Waals surface area contributed by atoms with Crippen molar-refractivity contribution in [1.29, 1.82) is 0 Å². The van der Waals surface area contributed by atoms with E-state index in [1.165, 1.54) is 11.3 Å². The Labute approximate surface area is 121 Å². The van der Waals surface area contributed by atoms with Crippen LogP contribution >= 0.6 is 38.9 Å². The molecule has 6 heteroatoms. The van der Waals surface area contributed by atoms with Crippen LogP contribution in [-0.2, 0) is 6.42 Å². The van der Waals surface area contributed by atoms with E-state index in [1.807, 2.05) is 11.4 Å². The van der Waals surface area contributed by atoms with E-state index in [2.05, 4.69) is 15.9 Å². The van der Waals surface area contributed by atoms with Crippen LogP contribution in [0.25, 0.3) is 0 Å². The zero-order valence-electron chi connectivity index (χ0n) is 9.09. The number of halogens is 4. The van der Waals surface area contributed by atoms with Gasteiger partial charge in [-0.25, -0.2) is 8.78 Å². The monoisotopic (exact) mass is 351 g/mol. The van der Waals surface area contributed by atoms with Gasteiger partial charge in [0, 0.05) is 27.4 Å². The van der Waals surface area contributed by atoms with Gasteiger partial charge in [0.25, 0.3) is 0 Å². The normalized spacial score (nSPS) is 12.7. The average Bonchev–Trinajstić information content (AvgIpc) is 2.69. The van der Waals surface area contributed by atoms with Crippen LogP contribution < -0.4 is 5.73 Å². The Morgan fingerprint density at radius 3 is 2.67 bits per heavy atom. The van der Waals surface area contributed by atoms with E-state index in [9.17, 15) is 8.78 Å². The highest BCUT2D eigenvalue weighted by Gasteiger charge is 2.17. The molecule has 0 fully saturated rings. The van der Waals surface area contributed by atoms with Crippen LogP contribution in [0.2, 0.25) is 5.02 Å². The molecule has 1 nitrogen and oxygen atoms in total. The second kappa shape index (κ2) is 5.65.